The van der Waals surface area contributed by atoms with Crippen molar-refractivity contribution in [1.82, 2.24) is 5.16 Å². The van der Waals surface area contributed by atoms with Crippen LogP contribution < -0.4 is 5.73 Å². The fourth-order valence-electron chi connectivity index (χ4n) is 1.15. The van der Waals surface area contributed by atoms with Gasteiger partial charge in [-0.2, -0.15) is 0 Å². The van der Waals surface area contributed by atoms with Crippen LogP contribution in [0, 0.1) is 6.92 Å². The zero-order chi connectivity index (χ0) is 8.72. The first-order valence-electron chi connectivity index (χ1n) is 3.49. The molecular formula is C8H7BrN2O. The summed E-state index contributed by atoms with van der Waals surface area (Å²) in [4.78, 5) is 0. The highest BCUT2D eigenvalue weighted by Gasteiger charge is 2.07. The summed E-state index contributed by atoms with van der Waals surface area (Å²) in [6.45, 7) is 1.89. The molecule has 0 bridgehead atoms. The number of benzene rings is 1. The van der Waals surface area contributed by atoms with Gasteiger partial charge in [-0.05, 0) is 19.1 Å². The molecule has 0 aliphatic rings. The van der Waals surface area contributed by atoms with E-state index in [0.717, 1.165) is 15.6 Å². The molecule has 1 aromatic carbocycles. The van der Waals surface area contributed by atoms with Crippen molar-refractivity contribution >= 4 is 32.6 Å². The molecule has 0 aliphatic heterocycles. The van der Waals surface area contributed by atoms with Gasteiger partial charge in [-0.15, -0.1) is 0 Å². The first-order chi connectivity index (χ1) is 5.68. The zero-order valence-corrected chi connectivity index (χ0v) is 8.05. The molecular weight excluding hydrogens is 220 g/mol. The quantitative estimate of drug-likeness (QED) is 0.703. The van der Waals surface area contributed by atoms with Crippen LogP contribution in [0.3, 0.4) is 0 Å². The van der Waals surface area contributed by atoms with Gasteiger partial charge in [0, 0.05) is 9.86 Å². The molecule has 0 amide bonds. The average Bonchev–Trinajstić information content (AvgIpc) is 2.33. The second-order valence-corrected chi connectivity index (χ2v) is 3.56. The molecule has 0 fully saturated rings. The lowest BCUT2D eigenvalue weighted by molar-refractivity contribution is 0.451. The third-order valence-electron chi connectivity index (χ3n) is 1.75. The molecule has 2 aromatic rings. The van der Waals surface area contributed by atoms with E-state index >= 15 is 0 Å². The molecule has 4 heteroatoms. The minimum Gasteiger partial charge on any atom is -0.396 e. The molecule has 0 spiro atoms. The average molecular weight is 227 g/mol. The van der Waals surface area contributed by atoms with Crippen LogP contribution in [0.2, 0.25) is 0 Å². The predicted molar refractivity (Wildman–Crippen MR) is 50.9 cm³/mol. The van der Waals surface area contributed by atoms with Crippen LogP contribution in [0.4, 0.5) is 5.69 Å². The fourth-order valence-corrected chi connectivity index (χ4v) is 1.62. The summed E-state index contributed by atoms with van der Waals surface area (Å²) in [5, 5.41) is 4.78. The van der Waals surface area contributed by atoms with E-state index in [4.69, 9.17) is 10.3 Å². The molecule has 0 radical (unpaired) electrons. The summed E-state index contributed by atoms with van der Waals surface area (Å²) >= 11 is 3.35. The van der Waals surface area contributed by atoms with Gasteiger partial charge in [-0.3, -0.25) is 0 Å². The fraction of sp³-hybridized carbons (Fsp3) is 0.125. The van der Waals surface area contributed by atoms with E-state index in [-0.39, 0.29) is 0 Å². The van der Waals surface area contributed by atoms with Crippen molar-refractivity contribution in [2.24, 2.45) is 0 Å². The Balaban J connectivity index is 2.92. The molecule has 0 aliphatic carbocycles. The van der Waals surface area contributed by atoms with E-state index in [0.29, 0.717) is 11.3 Å². The Kier molecular flexibility index (Phi) is 1.58. The molecule has 0 saturated heterocycles. The van der Waals surface area contributed by atoms with Crippen LogP contribution in [0.1, 0.15) is 5.69 Å². The topological polar surface area (TPSA) is 52.0 Å². The molecule has 62 valence electrons. The van der Waals surface area contributed by atoms with Gasteiger partial charge in [0.2, 0.25) is 0 Å². The molecule has 3 nitrogen and oxygen atoms in total. The third-order valence-corrected chi connectivity index (χ3v) is 2.20. The standard InChI is InChI=1S/C8H7BrN2O/c1-4-6-2-5(9)3-7(10)8(6)12-11-4/h2-3H,10H2,1H3. The number of fused-ring (bicyclic) bond motifs is 1. The van der Waals surface area contributed by atoms with Crippen LogP contribution in [0.15, 0.2) is 21.1 Å². The molecule has 0 saturated carbocycles. The largest absolute Gasteiger partial charge is 0.396 e. The van der Waals surface area contributed by atoms with Gasteiger partial charge in [0.15, 0.2) is 5.58 Å². The molecule has 0 atom stereocenters. The Morgan fingerprint density at radius 1 is 1.50 bits per heavy atom. The van der Waals surface area contributed by atoms with Crippen LogP contribution in [-0.2, 0) is 0 Å². The summed E-state index contributed by atoms with van der Waals surface area (Å²) in [6.07, 6.45) is 0. The zero-order valence-electron chi connectivity index (χ0n) is 6.47. The minimum atomic E-state index is 0.611. The number of nitrogens with zero attached hydrogens (tertiary/aromatic N) is 1. The number of hydrogen-bond acceptors (Lipinski definition) is 3. The van der Waals surface area contributed by atoms with E-state index in [9.17, 15) is 0 Å². The van der Waals surface area contributed by atoms with Gasteiger partial charge in [0.1, 0.15) is 0 Å². The summed E-state index contributed by atoms with van der Waals surface area (Å²) in [6, 6.07) is 3.74. The maximum Gasteiger partial charge on any atom is 0.190 e. The Morgan fingerprint density at radius 2 is 2.25 bits per heavy atom. The molecule has 0 unspecified atom stereocenters. The van der Waals surface area contributed by atoms with E-state index in [1.165, 1.54) is 0 Å². The number of hydrogen-bond donors (Lipinski definition) is 1. The summed E-state index contributed by atoms with van der Waals surface area (Å²) < 4.78 is 5.98. The van der Waals surface area contributed by atoms with Gasteiger partial charge < -0.3 is 10.3 Å². The first-order valence-corrected chi connectivity index (χ1v) is 4.29. The van der Waals surface area contributed by atoms with Crippen molar-refractivity contribution in [3.63, 3.8) is 0 Å². The number of rotatable bonds is 0. The molecule has 1 aromatic heterocycles. The predicted octanol–water partition coefficient (Wildman–Crippen LogP) is 2.48. The lowest BCUT2D eigenvalue weighted by atomic mass is 10.2. The monoisotopic (exact) mass is 226 g/mol. The van der Waals surface area contributed by atoms with Gasteiger partial charge >= 0.3 is 0 Å². The number of aromatic nitrogens is 1. The van der Waals surface area contributed by atoms with Crippen molar-refractivity contribution in [3.05, 3.63) is 22.3 Å². The summed E-state index contributed by atoms with van der Waals surface area (Å²) in [7, 11) is 0. The molecule has 2 N–H and O–H groups in total. The van der Waals surface area contributed by atoms with Crippen molar-refractivity contribution in [2.45, 2.75) is 6.92 Å². The minimum absolute atomic E-state index is 0.611. The summed E-state index contributed by atoms with van der Waals surface area (Å²) in [5.41, 5.74) is 7.84. The Labute approximate surface area is 77.7 Å². The van der Waals surface area contributed by atoms with Gasteiger partial charge in [0.25, 0.3) is 0 Å². The lowest BCUT2D eigenvalue weighted by Crippen LogP contribution is -1.84. The van der Waals surface area contributed by atoms with Gasteiger partial charge in [-0.1, -0.05) is 21.1 Å². The molecule has 12 heavy (non-hydrogen) atoms. The van der Waals surface area contributed by atoms with Crippen LogP contribution in [0.5, 0.6) is 0 Å². The van der Waals surface area contributed by atoms with E-state index < -0.39 is 0 Å². The third kappa shape index (κ3) is 0.992. The molecule has 2 rings (SSSR count). The Bertz CT molecular complexity index is 436. The number of anilines is 1. The number of nitrogens with two attached hydrogens (primary N) is 1. The van der Waals surface area contributed by atoms with Crippen LogP contribution >= 0.6 is 15.9 Å². The van der Waals surface area contributed by atoms with Crippen LogP contribution in [0.25, 0.3) is 11.0 Å². The second kappa shape index (κ2) is 2.48. The first kappa shape index (κ1) is 7.61. The van der Waals surface area contributed by atoms with E-state index in [1.54, 1.807) is 6.07 Å². The van der Waals surface area contributed by atoms with Crippen LogP contribution in [-0.4, -0.2) is 5.16 Å². The Hall–Kier alpha value is -1.03. The van der Waals surface area contributed by atoms with Crippen molar-refractivity contribution in [2.75, 3.05) is 5.73 Å². The highest BCUT2D eigenvalue weighted by Crippen LogP contribution is 2.27. The normalized spacial score (nSPS) is 10.8. The Morgan fingerprint density at radius 3 is 3.00 bits per heavy atom. The van der Waals surface area contributed by atoms with Gasteiger partial charge in [-0.25, -0.2) is 0 Å². The number of nitrogen functional groups attached to an aromatic ring is 1. The maximum atomic E-state index is 5.71. The summed E-state index contributed by atoms with van der Waals surface area (Å²) in [5.74, 6) is 0. The van der Waals surface area contributed by atoms with Crippen molar-refractivity contribution < 1.29 is 4.52 Å². The highest BCUT2D eigenvalue weighted by molar-refractivity contribution is 9.10. The second-order valence-electron chi connectivity index (χ2n) is 2.64. The smallest absolute Gasteiger partial charge is 0.190 e. The lowest BCUT2D eigenvalue weighted by Gasteiger charge is -1.94. The number of aryl methyl sites for hydroxylation is 1. The SMILES string of the molecule is Cc1noc2c(N)cc(Br)cc12. The highest BCUT2D eigenvalue weighted by atomic mass is 79.9. The van der Waals surface area contributed by atoms with E-state index in [1.807, 2.05) is 13.0 Å². The van der Waals surface area contributed by atoms with E-state index in [2.05, 4.69) is 21.1 Å². The maximum absolute atomic E-state index is 5.71. The van der Waals surface area contributed by atoms with Crippen molar-refractivity contribution in [3.8, 4) is 0 Å². The van der Waals surface area contributed by atoms with Gasteiger partial charge in [0.05, 0.1) is 11.4 Å². The van der Waals surface area contributed by atoms with Crippen molar-refractivity contribution in [1.29, 1.82) is 0 Å². The number of halogens is 1. The molecule has 1 heterocycles.